The minimum atomic E-state index is 0.0539. The third-order valence-electron chi connectivity index (χ3n) is 7.43. The largest absolute Gasteiger partial charge is 0.455 e. The van der Waals surface area contributed by atoms with Crippen LogP contribution in [-0.2, 0) is 10.8 Å². The molecule has 0 spiro atoms. The Balaban J connectivity index is 1.57. The standard InChI is InChI=1S/C34H29N3OS/c1-33(2,3)21-7-11-28-26(14-21)27-15-22(34(4,5)6)8-12-29(27)37(28)23-9-10-25-30(16-23)38-31-17-24(39-32(25)31)13-20(18-35)19-36/h7-17H,1-6H3. The van der Waals surface area contributed by atoms with E-state index in [9.17, 15) is 0 Å². The van der Waals surface area contributed by atoms with E-state index in [0.29, 0.717) is 0 Å². The van der Waals surface area contributed by atoms with Gasteiger partial charge in [0.2, 0.25) is 0 Å². The minimum Gasteiger partial charge on any atom is -0.455 e. The van der Waals surface area contributed by atoms with Crippen LogP contribution in [0.1, 0.15) is 57.5 Å². The molecule has 0 aliphatic heterocycles. The lowest BCUT2D eigenvalue weighted by molar-refractivity contribution is 0.590. The highest BCUT2D eigenvalue weighted by Gasteiger charge is 2.21. The summed E-state index contributed by atoms with van der Waals surface area (Å²) < 4.78 is 9.63. The van der Waals surface area contributed by atoms with E-state index in [1.165, 1.54) is 44.3 Å². The van der Waals surface area contributed by atoms with Crippen molar-refractivity contribution >= 4 is 60.5 Å². The van der Waals surface area contributed by atoms with Crippen LogP contribution in [0.15, 0.2) is 70.7 Å². The van der Waals surface area contributed by atoms with E-state index in [4.69, 9.17) is 14.9 Å². The fraction of sp³-hybridized carbons (Fsp3) is 0.235. The van der Waals surface area contributed by atoms with E-state index in [2.05, 4.69) is 101 Å². The number of aromatic nitrogens is 1. The number of fused-ring (bicyclic) bond motifs is 6. The maximum Gasteiger partial charge on any atom is 0.146 e. The predicted octanol–water partition coefficient (Wildman–Crippen LogP) is 9.77. The molecule has 4 nitrogen and oxygen atoms in total. The maximum absolute atomic E-state index is 9.10. The molecule has 0 fully saturated rings. The highest BCUT2D eigenvalue weighted by atomic mass is 32.1. The Hall–Kier alpha value is -4.32. The fourth-order valence-corrected chi connectivity index (χ4v) is 6.29. The van der Waals surface area contributed by atoms with Gasteiger partial charge in [-0.25, -0.2) is 0 Å². The lowest BCUT2D eigenvalue weighted by Gasteiger charge is -2.19. The van der Waals surface area contributed by atoms with Crippen molar-refractivity contribution in [3.8, 4) is 17.8 Å². The molecule has 0 saturated carbocycles. The molecule has 0 bridgehead atoms. The highest BCUT2D eigenvalue weighted by Crippen LogP contribution is 2.40. The van der Waals surface area contributed by atoms with Crippen LogP contribution >= 0.6 is 11.3 Å². The van der Waals surface area contributed by atoms with Gasteiger partial charge in [0.15, 0.2) is 0 Å². The molecule has 0 atom stereocenters. The number of hydrogen-bond acceptors (Lipinski definition) is 4. The molecule has 192 valence electrons. The molecule has 6 rings (SSSR count). The average Bonchev–Trinajstić information content (AvgIpc) is 3.53. The zero-order valence-electron chi connectivity index (χ0n) is 23.0. The van der Waals surface area contributed by atoms with Crippen molar-refractivity contribution < 1.29 is 4.42 Å². The zero-order chi connectivity index (χ0) is 27.7. The molecule has 0 radical (unpaired) electrons. The second-order valence-corrected chi connectivity index (χ2v) is 13.3. The first kappa shape index (κ1) is 25.0. The predicted molar refractivity (Wildman–Crippen MR) is 163 cm³/mol. The molecular weight excluding hydrogens is 498 g/mol. The van der Waals surface area contributed by atoms with Crippen LogP contribution in [0.25, 0.3) is 54.8 Å². The van der Waals surface area contributed by atoms with Gasteiger partial charge in [-0.05, 0) is 70.5 Å². The second kappa shape index (κ2) is 8.60. The van der Waals surface area contributed by atoms with Crippen molar-refractivity contribution in [1.82, 2.24) is 4.57 Å². The van der Waals surface area contributed by atoms with E-state index in [0.717, 1.165) is 31.8 Å². The number of benzene rings is 3. The molecule has 39 heavy (non-hydrogen) atoms. The summed E-state index contributed by atoms with van der Waals surface area (Å²) in [6.07, 6.45) is 1.61. The van der Waals surface area contributed by atoms with Gasteiger partial charge >= 0.3 is 0 Å². The van der Waals surface area contributed by atoms with Crippen LogP contribution in [-0.4, -0.2) is 4.57 Å². The van der Waals surface area contributed by atoms with Gasteiger partial charge in [-0.15, -0.1) is 11.3 Å². The fourth-order valence-electron chi connectivity index (χ4n) is 5.23. The van der Waals surface area contributed by atoms with E-state index >= 15 is 0 Å². The van der Waals surface area contributed by atoms with Crippen molar-refractivity contribution in [2.75, 3.05) is 0 Å². The van der Waals surface area contributed by atoms with E-state index in [-0.39, 0.29) is 16.4 Å². The third-order valence-corrected chi connectivity index (χ3v) is 8.53. The summed E-state index contributed by atoms with van der Waals surface area (Å²) in [5.41, 5.74) is 7.80. The molecule has 0 unspecified atom stereocenters. The van der Waals surface area contributed by atoms with Gasteiger partial charge in [-0.1, -0.05) is 53.7 Å². The Kier molecular flexibility index (Phi) is 5.51. The SMILES string of the molecule is CC(C)(C)c1ccc2c(c1)c1cc(C(C)(C)C)ccc1n2-c1ccc2c(c1)oc1cc(C=C(C#N)C#N)sc12. The first-order valence-electron chi connectivity index (χ1n) is 13.1. The molecule has 0 N–H and O–H groups in total. The Morgan fingerprint density at radius 1 is 0.744 bits per heavy atom. The highest BCUT2D eigenvalue weighted by molar-refractivity contribution is 7.20. The number of furan rings is 1. The van der Waals surface area contributed by atoms with Gasteiger partial charge in [0, 0.05) is 32.8 Å². The Morgan fingerprint density at radius 2 is 1.33 bits per heavy atom. The van der Waals surface area contributed by atoms with E-state index in [1.807, 2.05) is 18.2 Å². The summed E-state index contributed by atoms with van der Waals surface area (Å²) in [6, 6.07) is 25.8. The van der Waals surface area contributed by atoms with Crippen LogP contribution in [0.2, 0.25) is 0 Å². The van der Waals surface area contributed by atoms with Crippen molar-refractivity contribution in [3.05, 3.63) is 82.2 Å². The van der Waals surface area contributed by atoms with E-state index < -0.39 is 0 Å². The molecule has 0 aliphatic rings. The summed E-state index contributed by atoms with van der Waals surface area (Å²) in [5.74, 6) is 0. The number of rotatable bonds is 2. The quantitative estimate of drug-likeness (QED) is 0.210. The molecule has 0 aliphatic carbocycles. The van der Waals surface area contributed by atoms with Crippen LogP contribution in [0.4, 0.5) is 0 Å². The molecule has 5 heteroatoms. The smallest absolute Gasteiger partial charge is 0.146 e. The summed E-state index contributed by atoms with van der Waals surface area (Å²) in [5, 5.41) is 21.7. The van der Waals surface area contributed by atoms with Crippen molar-refractivity contribution in [1.29, 1.82) is 10.5 Å². The first-order chi connectivity index (χ1) is 18.5. The van der Waals surface area contributed by atoms with E-state index in [1.54, 1.807) is 6.08 Å². The van der Waals surface area contributed by atoms with Crippen LogP contribution in [0.3, 0.4) is 0 Å². The topological polar surface area (TPSA) is 65.7 Å². The normalized spacial score (nSPS) is 12.3. The minimum absolute atomic E-state index is 0.0539. The lowest BCUT2D eigenvalue weighted by atomic mass is 9.85. The molecule has 0 saturated heterocycles. The number of nitrogens with zero attached hydrogens (tertiary/aromatic N) is 3. The van der Waals surface area contributed by atoms with Gasteiger partial charge in [0.25, 0.3) is 0 Å². The lowest BCUT2D eigenvalue weighted by Crippen LogP contribution is -2.10. The van der Waals surface area contributed by atoms with Crippen molar-refractivity contribution in [2.24, 2.45) is 0 Å². The number of thiophene rings is 1. The van der Waals surface area contributed by atoms with Crippen LogP contribution in [0.5, 0.6) is 0 Å². The van der Waals surface area contributed by atoms with Gasteiger partial charge in [-0.2, -0.15) is 10.5 Å². The Bertz CT molecular complexity index is 1970. The van der Waals surface area contributed by atoms with Gasteiger partial charge in [0.05, 0.1) is 15.7 Å². The summed E-state index contributed by atoms with van der Waals surface area (Å²) in [4.78, 5) is 0.833. The number of nitriles is 2. The number of allylic oxidation sites excluding steroid dienone is 1. The molecule has 3 aromatic carbocycles. The van der Waals surface area contributed by atoms with Gasteiger partial charge in [0.1, 0.15) is 28.9 Å². The molecule has 3 heterocycles. The van der Waals surface area contributed by atoms with Crippen LogP contribution < -0.4 is 0 Å². The Morgan fingerprint density at radius 3 is 1.87 bits per heavy atom. The maximum atomic E-state index is 9.10. The first-order valence-corrected chi connectivity index (χ1v) is 13.9. The average molecular weight is 528 g/mol. The van der Waals surface area contributed by atoms with Crippen molar-refractivity contribution in [3.63, 3.8) is 0 Å². The van der Waals surface area contributed by atoms with Gasteiger partial charge < -0.3 is 8.98 Å². The second-order valence-electron chi connectivity index (χ2n) is 12.2. The zero-order valence-corrected chi connectivity index (χ0v) is 23.8. The van der Waals surface area contributed by atoms with Gasteiger partial charge in [-0.3, -0.25) is 0 Å². The molecule has 6 aromatic rings. The Labute approximate surface area is 232 Å². The monoisotopic (exact) mass is 527 g/mol. The number of hydrogen-bond donors (Lipinski definition) is 0. The van der Waals surface area contributed by atoms with Crippen LogP contribution in [0, 0.1) is 22.7 Å². The summed E-state index contributed by atoms with van der Waals surface area (Å²) >= 11 is 1.53. The van der Waals surface area contributed by atoms with Crippen molar-refractivity contribution in [2.45, 2.75) is 52.4 Å². The molecule has 0 amide bonds. The third kappa shape index (κ3) is 4.11. The summed E-state index contributed by atoms with van der Waals surface area (Å²) in [7, 11) is 0. The molecule has 3 aromatic heterocycles. The molecular formula is C34H29N3OS. The summed E-state index contributed by atoms with van der Waals surface area (Å²) in [6.45, 7) is 13.5.